The van der Waals surface area contributed by atoms with Crippen molar-refractivity contribution in [1.29, 1.82) is 5.26 Å². The van der Waals surface area contributed by atoms with Crippen LogP contribution in [0.25, 0.3) is 0 Å². The SMILES string of the molecule is CC(C#N)C(=O)C1CCC(C(C)(C)C)CC1. The normalized spacial score (nSPS) is 28.2. The van der Waals surface area contributed by atoms with E-state index in [2.05, 4.69) is 26.8 Å². The molecule has 16 heavy (non-hydrogen) atoms. The van der Waals surface area contributed by atoms with Gasteiger partial charge in [-0.2, -0.15) is 5.26 Å². The van der Waals surface area contributed by atoms with Crippen molar-refractivity contribution in [3.8, 4) is 6.07 Å². The fraction of sp³-hybridized carbons (Fsp3) is 0.857. The highest BCUT2D eigenvalue weighted by Crippen LogP contribution is 2.40. The van der Waals surface area contributed by atoms with Crippen LogP contribution in [0.1, 0.15) is 53.4 Å². The molecule has 1 rings (SSSR count). The first-order valence-electron chi connectivity index (χ1n) is 6.29. The molecule has 1 aliphatic carbocycles. The van der Waals surface area contributed by atoms with E-state index in [1.807, 2.05) is 0 Å². The Morgan fingerprint density at radius 3 is 2.12 bits per heavy atom. The fourth-order valence-electron chi connectivity index (χ4n) is 2.66. The molecule has 0 N–H and O–H groups in total. The second-order valence-electron chi connectivity index (χ2n) is 6.17. The lowest BCUT2D eigenvalue weighted by molar-refractivity contribution is -0.126. The summed E-state index contributed by atoms with van der Waals surface area (Å²) in [5, 5.41) is 8.75. The van der Waals surface area contributed by atoms with Gasteiger partial charge in [0, 0.05) is 5.92 Å². The molecular formula is C14H23NO. The van der Waals surface area contributed by atoms with Crippen LogP contribution < -0.4 is 0 Å². The summed E-state index contributed by atoms with van der Waals surface area (Å²) in [6.07, 6.45) is 4.23. The Morgan fingerprint density at radius 2 is 1.75 bits per heavy atom. The van der Waals surface area contributed by atoms with Crippen LogP contribution in [0.4, 0.5) is 0 Å². The van der Waals surface area contributed by atoms with Crippen molar-refractivity contribution >= 4 is 5.78 Å². The van der Waals surface area contributed by atoms with E-state index < -0.39 is 5.92 Å². The van der Waals surface area contributed by atoms with Crippen molar-refractivity contribution < 1.29 is 4.79 Å². The number of hydrogen-bond acceptors (Lipinski definition) is 2. The number of rotatable bonds is 2. The number of carbonyl (C=O) groups is 1. The van der Waals surface area contributed by atoms with Crippen LogP contribution in [0.3, 0.4) is 0 Å². The van der Waals surface area contributed by atoms with Gasteiger partial charge in [0.25, 0.3) is 0 Å². The Bertz CT molecular complexity index is 287. The molecule has 1 atom stereocenters. The number of ketones is 1. The maximum atomic E-state index is 11.9. The van der Waals surface area contributed by atoms with E-state index in [0.717, 1.165) is 31.6 Å². The standard InChI is InChI=1S/C14H23NO/c1-10(9-15)13(16)11-5-7-12(8-6-11)14(2,3)4/h10-12H,5-8H2,1-4H3. The first-order chi connectivity index (χ1) is 7.36. The van der Waals surface area contributed by atoms with Gasteiger partial charge in [-0.1, -0.05) is 20.8 Å². The van der Waals surface area contributed by atoms with Gasteiger partial charge in [0.1, 0.15) is 5.92 Å². The number of nitriles is 1. The van der Waals surface area contributed by atoms with Crippen molar-refractivity contribution in [2.75, 3.05) is 0 Å². The van der Waals surface area contributed by atoms with Gasteiger partial charge >= 0.3 is 0 Å². The monoisotopic (exact) mass is 221 g/mol. The highest BCUT2D eigenvalue weighted by Gasteiger charge is 2.33. The van der Waals surface area contributed by atoms with Gasteiger partial charge in [0.05, 0.1) is 6.07 Å². The molecule has 0 aromatic carbocycles. The van der Waals surface area contributed by atoms with Crippen molar-refractivity contribution in [3.63, 3.8) is 0 Å². The second kappa shape index (κ2) is 4.99. The van der Waals surface area contributed by atoms with Crippen LogP contribution in [-0.2, 0) is 4.79 Å². The van der Waals surface area contributed by atoms with Crippen LogP contribution in [0.5, 0.6) is 0 Å². The summed E-state index contributed by atoms with van der Waals surface area (Å²) in [6, 6.07) is 2.05. The van der Waals surface area contributed by atoms with Crippen molar-refractivity contribution in [1.82, 2.24) is 0 Å². The molecule has 1 saturated carbocycles. The molecule has 1 aliphatic rings. The lowest BCUT2D eigenvalue weighted by Gasteiger charge is -2.36. The molecule has 90 valence electrons. The molecule has 0 bridgehead atoms. The summed E-state index contributed by atoms with van der Waals surface area (Å²) < 4.78 is 0. The van der Waals surface area contributed by atoms with Gasteiger partial charge in [-0.15, -0.1) is 0 Å². The van der Waals surface area contributed by atoms with Crippen molar-refractivity contribution in [3.05, 3.63) is 0 Å². The van der Waals surface area contributed by atoms with Gasteiger partial charge in [-0.3, -0.25) is 4.79 Å². The van der Waals surface area contributed by atoms with Crippen LogP contribution in [-0.4, -0.2) is 5.78 Å². The summed E-state index contributed by atoms with van der Waals surface area (Å²) in [5.74, 6) is 0.619. The topological polar surface area (TPSA) is 40.9 Å². The molecule has 2 nitrogen and oxygen atoms in total. The lowest BCUT2D eigenvalue weighted by atomic mass is 9.68. The van der Waals surface area contributed by atoms with Gasteiger partial charge in [-0.25, -0.2) is 0 Å². The van der Waals surface area contributed by atoms with E-state index in [1.54, 1.807) is 6.92 Å². The summed E-state index contributed by atoms with van der Waals surface area (Å²) in [7, 11) is 0. The summed E-state index contributed by atoms with van der Waals surface area (Å²) in [6.45, 7) is 8.55. The lowest BCUT2D eigenvalue weighted by Crippen LogP contribution is -2.30. The molecule has 0 amide bonds. The summed E-state index contributed by atoms with van der Waals surface area (Å²) in [4.78, 5) is 11.9. The Balaban J connectivity index is 2.50. The van der Waals surface area contributed by atoms with E-state index in [-0.39, 0.29) is 11.7 Å². The Morgan fingerprint density at radius 1 is 1.25 bits per heavy atom. The Hall–Kier alpha value is -0.840. The molecule has 2 heteroatoms. The van der Waals surface area contributed by atoms with E-state index in [4.69, 9.17) is 5.26 Å². The van der Waals surface area contributed by atoms with Gasteiger partial charge in [0.15, 0.2) is 5.78 Å². The summed E-state index contributed by atoms with van der Waals surface area (Å²) >= 11 is 0. The molecule has 1 fully saturated rings. The largest absolute Gasteiger partial charge is 0.298 e. The Kier molecular flexibility index (Phi) is 4.13. The average Bonchev–Trinajstić information content (AvgIpc) is 2.26. The third-order valence-electron chi connectivity index (χ3n) is 3.97. The second-order valence-corrected chi connectivity index (χ2v) is 6.17. The maximum Gasteiger partial charge on any atom is 0.152 e. The van der Waals surface area contributed by atoms with E-state index >= 15 is 0 Å². The maximum absolute atomic E-state index is 11.9. The van der Waals surface area contributed by atoms with Gasteiger partial charge in [0.2, 0.25) is 0 Å². The predicted molar refractivity (Wildman–Crippen MR) is 64.7 cm³/mol. The zero-order valence-corrected chi connectivity index (χ0v) is 10.9. The number of nitrogens with zero attached hydrogens (tertiary/aromatic N) is 1. The van der Waals surface area contributed by atoms with Crippen molar-refractivity contribution in [2.45, 2.75) is 53.4 Å². The number of hydrogen-bond donors (Lipinski definition) is 0. The van der Waals surface area contributed by atoms with Crippen LogP contribution >= 0.6 is 0 Å². The quantitative estimate of drug-likeness (QED) is 0.715. The number of carbonyl (C=O) groups excluding carboxylic acids is 1. The smallest absolute Gasteiger partial charge is 0.152 e. The van der Waals surface area contributed by atoms with E-state index in [9.17, 15) is 4.79 Å². The minimum atomic E-state index is -0.420. The minimum absolute atomic E-state index is 0.147. The van der Waals surface area contributed by atoms with Crippen LogP contribution in [0.15, 0.2) is 0 Å². The Labute approximate surface area is 99.0 Å². The molecule has 0 radical (unpaired) electrons. The molecular weight excluding hydrogens is 198 g/mol. The number of Topliss-reactive ketones (excluding diaryl/α,β-unsaturated/α-hetero) is 1. The minimum Gasteiger partial charge on any atom is -0.298 e. The first-order valence-corrected chi connectivity index (χ1v) is 6.29. The predicted octanol–water partition coefficient (Wildman–Crippen LogP) is 3.57. The van der Waals surface area contributed by atoms with Crippen molar-refractivity contribution in [2.24, 2.45) is 23.2 Å². The first kappa shape index (κ1) is 13.2. The van der Waals surface area contributed by atoms with E-state index in [0.29, 0.717) is 5.41 Å². The molecule has 0 saturated heterocycles. The summed E-state index contributed by atoms with van der Waals surface area (Å²) in [5.41, 5.74) is 0.356. The highest BCUT2D eigenvalue weighted by molar-refractivity contribution is 5.85. The van der Waals surface area contributed by atoms with Gasteiger partial charge in [-0.05, 0) is 43.9 Å². The third-order valence-corrected chi connectivity index (χ3v) is 3.97. The molecule has 0 aromatic rings. The zero-order valence-electron chi connectivity index (χ0n) is 10.9. The fourth-order valence-corrected chi connectivity index (χ4v) is 2.66. The van der Waals surface area contributed by atoms with Gasteiger partial charge < -0.3 is 0 Å². The van der Waals surface area contributed by atoms with Crippen LogP contribution in [0, 0.1) is 34.5 Å². The zero-order chi connectivity index (χ0) is 12.3. The highest BCUT2D eigenvalue weighted by atomic mass is 16.1. The van der Waals surface area contributed by atoms with Crippen LogP contribution in [0.2, 0.25) is 0 Å². The molecule has 1 unspecified atom stereocenters. The average molecular weight is 221 g/mol. The molecule has 0 heterocycles. The molecule has 0 aromatic heterocycles. The molecule has 0 aliphatic heterocycles. The molecule has 0 spiro atoms. The third kappa shape index (κ3) is 3.07. The van der Waals surface area contributed by atoms with E-state index in [1.165, 1.54) is 0 Å².